The number of para-hydroxylation sites is 1. The number of rotatable bonds is 5. The molecule has 0 aliphatic heterocycles. The molecule has 4 bridgehead atoms. The van der Waals surface area contributed by atoms with Crippen LogP contribution in [0.1, 0.15) is 38.5 Å². The van der Waals surface area contributed by atoms with Crippen molar-refractivity contribution in [2.24, 2.45) is 17.8 Å². The number of hydrogen-bond acceptors (Lipinski definition) is 3. The van der Waals surface area contributed by atoms with E-state index in [-0.39, 0.29) is 24.0 Å². The first-order valence-corrected chi connectivity index (χ1v) is 8.95. The van der Waals surface area contributed by atoms with Crippen molar-refractivity contribution in [1.82, 2.24) is 5.32 Å². The molecule has 4 aliphatic carbocycles. The maximum atomic E-state index is 12.2. The fourth-order valence-electron chi connectivity index (χ4n) is 5.41. The molecule has 0 spiro atoms. The van der Waals surface area contributed by atoms with Crippen molar-refractivity contribution in [3.63, 3.8) is 0 Å². The van der Waals surface area contributed by atoms with Gasteiger partial charge < -0.3 is 15.4 Å². The van der Waals surface area contributed by atoms with Gasteiger partial charge in [0.1, 0.15) is 6.61 Å². The third-order valence-corrected chi connectivity index (χ3v) is 5.84. The van der Waals surface area contributed by atoms with Crippen LogP contribution in [0.25, 0.3) is 0 Å². The minimum Gasteiger partial charge on any atom is -0.448 e. The number of amides is 1. The van der Waals surface area contributed by atoms with Crippen molar-refractivity contribution >= 4 is 24.2 Å². The number of carbonyl (C=O) groups excluding carboxylic acids is 1. The molecule has 0 heterocycles. The highest BCUT2D eigenvalue weighted by Gasteiger charge is 2.51. The number of alkyl carbamates (subject to hydrolysis) is 1. The molecule has 1 amide bonds. The third kappa shape index (κ3) is 3.80. The standard InChI is InChI=1S/C19H26N2O2.ClH/c22-18(23-7-6-20-17-4-2-1-3-5-17)21-19-11-14-8-15(12-19)10-16(9-14)13-19;/h1-5,14-16,20H,6-13H2,(H,21,22);1H. The van der Waals surface area contributed by atoms with Crippen LogP contribution in [0.3, 0.4) is 0 Å². The molecule has 4 aliphatic rings. The van der Waals surface area contributed by atoms with Gasteiger partial charge in [0.2, 0.25) is 0 Å². The van der Waals surface area contributed by atoms with Crippen LogP contribution in [-0.2, 0) is 4.74 Å². The van der Waals surface area contributed by atoms with Gasteiger partial charge in [-0.25, -0.2) is 4.79 Å². The second kappa shape index (κ2) is 7.22. The molecule has 4 nitrogen and oxygen atoms in total. The molecular weight excluding hydrogens is 324 g/mol. The molecule has 4 saturated carbocycles. The summed E-state index contributed by atoms with van der Waals surface area (Å²) in [4.78, 5) is 12.2. The third-order valence-electron chi connectivity index (χ3n) is 5.84. The van der Waals surface area contributed by atoms with Crippen LogP contribution in [0.15, 0.2) is 30.3 Å². The molecule has 5 rings (SSSR count). The summed E-state index contributed by atoms with van der Waals surface area (Å²) in [7, 11) is 0. The maximum absolute atomic E-state index is 12.2. The summed E-state index contributed by atoms with van der Waals surface area (Å²) < 4.78 is 5.39. The van der Waals surface area contributed by atoms with Gasteiger partial charge in [-0.3, -0.25) is 0 Å². The molecule has 0 radical (unpaired) electrons. The van der Waals surface area contributed by atoms with E-state index in [9.17, 15) is 4.79 Å². The lowest BCUT2D eigenvalue weighted by Crippen LogP contribution is -2.60. The van der Waals surface area contributed by atoms with Gasteiger partial charge in [0, 0.05) is 17.8 Å². The lowest BCUT2D eigenvalue weighted by molar-refractivity contribution is -0.0188. The number of hydrogen-bond donors (Lipinski definition) is 2. The van der Waals surface area contributed by atoms with Gasteiger partial charge in [-0.05, 0) is 68.4 Å². The first-order valence-electron chi connectivity index (χ1n) is 8.95. The summed E-state index contributed by atoms with van der Waals surface area (Å²) in [5.41, 5.74) is 1.09. The fourth-order valence-corrected chi connectivity index (χ4v) is 5.41. The molecule has 24 heavy (non-hydrogen) atoms. The predicted octanol–water partition coefficient (Wildman–Crippen LogP) is 4.22. The fraction of sp³-hybridized carbons (Fsp3) is 0.632. The zero-order chi connectivity index (χ0) is 15.7. The first-order chi connectivity index (χ1) is 11.2. The molecule has 2 N–H and O–H groups in total. The monoisotopic (exact) mass is 350 g/mol. The number of benzene rings is 1. The van der Waals surface area contributed by atoms with E-state index in [0.29, 0.717) is 13.2 Å². The minimum absolute atomic E-state index is 0. The first kappa shape index (κ1) is 17.4. The van der Waals surface area contributed by atoms with Crippen molar-refractivity contribution in [3.8, 4) is 0 Å². The van der Waals surface area contributed by atoms with Crippen LogP contribution in [0.5, 0.6) is 0 Å². The Morgan fingerprint density at radius 2 is 1.62 bits per heavy atom. The zero-order valence-corrected chi connectivity index (χ0v) is 14.8. The second-order valence-corrected chi connectivity index (χ2v) is 7.75. The zero-order valence-electron chi connectivity index (χ0n) is 14.0. The second-order valence-electron chi connectivity index (χ2n) is 7.75. The Labute approximate surface area is 150 Å². The molecule has 4 fully saturated rings. The molecule has 0 unspecified atom stereocenters. The highest BCUT2D eigenvalue weighted by atomic mass is 35.5. The Hall–Kier alpha value is -1.42. The van der Waals surface area contributed by atoms with E-state index in [2.05, 4.69) is 10.6 Å². The largest absolute Gasteiger partial charge is 0.448 e. The Bertz CT molecular complexity index is 528. The van der Waals surface area contributed by atoms with E-state index >= 15 is 0 Å². The van der Waals surface area contributed by atoms with Crippen LogP contribution in [0, 0.1) is 17.8 Å². The number of nitrogens with one attached hydrogen (secondary N) is 2. The average Bonchev–Trinajstić information content (AvgIpc) is 2.51. The van der Waals surface area contributed by atoms with Gasteiger partial charge in [0.05, 0.1) is 0 Å². The number of carbonyl (C=O) groups is 1. The van der Waals surface area contributed by atoms with E-state index < -0.39 is 0 Å². The van der Waals surface area contributed by atoms with Gasteiger partial charge in [0.15, 0.2) is 0 Å². The summed E-state index contributed by atoms with van der Waals surface area (Å²) in [5, 5.41) is 6.49. The SMILES string of the molecule is Cl.O=C(NC12CC3CC(CC(C3)C1)C2)OCCNc1ccccc1. The van der Waals surface area contributed by atoms with Crippen molar-refractivity contribution in [1.29, 1.82) is 0 Å². The molecular formula is C19H27ClN2O2. The van der Waals surface area contributed by atoms with Crippen molar-refractivity contribution in [2.45, 2.75) is 44.1 Å². The topological polar surface area (TPSA) is 50.4 Å². The van der Waals surface area contributed by atoms with Crippen LogP contribution >= 0.6 is 12.4 Å². The maximum Gasteiger partial charge on any atom is 0.407 e. The number of anilines is 1. The average molecular weight is 351 g/mol. The highest BCUT2D eigenvalue weighted by Crippen LogP contribution is 2.55. The van der Waals surface area contributed by atoms with E-state index in [1.807, 2.05) is 30.3 Å². The molecule has 132 valence electrons. The highest BCUT2D eigenvalue weighted by molar-refractivity contribution is 5.85. The summed E-state index contributed by atoms with van der Waals surface area (Å²) in [5.74, 6) is 2.50. The van der Waals surface area contributed by atoms with Crippen LogP contribution in [-0.4, -0.2) is 24.8 Å². The Morgan fingerprint density at radius 3 is 2.21 bits per heavy atom. The lowest BCUT2D eigenvalue weighted by atomic mass is 9.53. The number of halogens is 1. The lowest BCUT2D eigenvalue weighted by Gasteiger charge is -2.56. The predicted molar refractivity (Wildman–Crippen MR) is 97.6 cm³/mol. The van der Waals surface area contributed by atoms with Gasteiger partial charge in [-0.1, -0.05) is 18.2 Å². The van der Waals surface area contributed by atoms with Gasteiger partial charge in [0.25, 0.3) is 0 Å². The smallest absolute Gasteiger partial charge is 0.407 e. The Balaban J connectivity index is 0.00000169. The minimum atomic E-state index is -0.234. The normalized spacial score (nSPS) is 32.8. The van der Waals surface area contributed by atoms with E-state index in [0.717, 1.165) is 42.7 Å². The van der Waals surface area contributed by atoms with E-state index in [1.54, 1.807) is 0 Å². The van der Waals surface area contributed by atoms with Gasteiger partial charge in [-0.2, -0.15) is 0 Å². The van der Waals surface area contributed by atoms with Gasteiger partial charge in [-0.15, -0.1) is 12.4 Å². The summed E-state index contributed by atoms with van der Waals surface area (Å²) in [6.45, 7) is 1.03. The molecule has 1 aromatic rings. The summed E-state index contributed by atoms with van der Waals surface area (Å²) >= 11 is 0. The molecule has 5 heteroatoms. The van der Waals surface area contributed by atoms with Crippen molar-refractivity contribution in [3.05, 3.63) is 30.3 Å². The molecule has 0 saturated heterocycles. The number of ether oxygens (including phenoxy) is 1. The van der Waals surface area contributed by atoms with Crippen molar-refractivity contribution in [2.75, 3.05) is 18.5 Å². The Morgan fingerprint density at radius 1 is 1.04 bits per heavy atom. The van der Waals surface area contributed by atoms with Gasteiger partial charge >= 0.3 is 6.09 Å². The molecule has 0 aromatic heterocycles. The van der Waals surface area contributed by atoms with Crippen LogP contribution < -0.4 is 10.6 Å². The van der Waals surface area contributed by atoms with Crippen molar-refractivity contribution < 1.29 is 9.53 Å². The van der Waals surface area contributed by atoms with Crippen LogP contribution in [0.2, 0.25) is 0 Å². The summed E-state index contributed by atoms with van der Waals surface area (Å²) in [6.07, 6.45) is 7.41. The van der Waals surface area contributed by atoms with Crippen LogP contribution in [0.4, 0.5) is 10.5 Å². The molecule has 0 atom stereocenters. The molecule has 1 aromatic carbocycles. The van der Waals surface area contributed by atoms with E-state index in [4.69, 9.17) is 4.74 Å². The quantitative estimate of drug-likeness (QED) is 0.782. The summed E-state index contributed by atoms with van der Waals surface area (Å²) in [6, 6.07) is 9.98. The van der Waals surface area contributed by atoms with E-state index in [1.165, 1.54) is 19.3 Å². The Kier molecular flexibility index (Phi) is 5.24.